The number of aromatic carboxylic acids is 1. The molecule has 2 rings (SSSR count). The fraction of sp³-hybridized carbons (Fsp3) is 0.133. The molecule has 0 aliphatic heterocycles. The van der Waals surface area contributed by atoms with Gasteiger partial charge in [0.05, 0.1) is 24.0 Å². The van der Waals surface area contributed by atoms with Crippen molar-refractivity contribution >= 4 is 23.0 Å². The number of rotatable bonds is 4. The average molecular weight is 272 g/mol. The highest BCUT2D eigenvalue weighted by atomic mass is 16.5. The molecule has 0 saturated heterocycles. The van der Waals surface area contributed by atoms with Crippen LogP contribution in [0.5, 0.6) is 5.75 Å². The van der Waals surface area contributed by atoms with Crippen LogP contribution in [0.25, 0.3) is 0 Å². The van der Waals surface area contributed by atoms with Gasteiger partial charge in [-0.2, -0.15) is 0 Å². The zero-order valence-corrected chi connectivity index (χ0v) is 11.3. The summed E-state index contributed by atoms with van der Waals surface area (Å²) in [7, 11) is 1.58. The fourth-order valence-electron chi connectivity index (χ4n) is 1.92. The van der Waals surface area contributed by atoms with Crippen LogP contribution in [0.3, 0.4) is 0 Å². The van der Waals surface area contributed by atoms with Crippen molar-refractivity contribution in [3.05, 3.63) is 47.5 Å². The number of nitrogens with two attached hydrogens (primary N) is 1. The van der Waals surface area contributed by atoms with Crippen molar-refractivity contribution in [2.75, 3.05) is 18.2 Å². The number of benzene rings is 2. The number of nitrogen functional groups attached to an aromatic ring is 1. The summed E-state index contributed by atoms with van der Waals surface area (Å²) >= 11 is 0. The van der Waals surface area contributed by atoms with Crippen molar-refractivity contribution in [2.24, 2.45) is 0 Å². The standard InChI is InChI=1S/C15H16N2O3/c1-9-11(15(18)19)4-3-5-13(9)17-14-8-10(20-2)6-7-12(14)16/h3-8,17H,16H2,1-2H3,(H,18,19). The first-order valence-electron chi connectivity index (χ1n) is 6.06. The van der Waals surface area contributed by atoms with E-state index in [-0.39, 0.29) is 5.56 Å². The van der Waals surface area contributed by atoms with Crippen molar-refractivity contribution in [1.82, 2.24) is 0 Å². The molecule has 0 aliphatic rings. The minimum absolute atomic E-state index is 0.261. The molecule has 0 fully saturated rings. The maximum atomic E-state index is 11.1. The zero-order valence-electron chi connectivity index (χ0n) is 11.3. The first-order valence-corrected chi connectivity index (χ1v) is 6.06. The Morgan fingerprint density at radius 3 is 2.65 bits per heavy atom. The minimum Gasteiger partial charge on any atom is -0.497 e. The van der Waals surface area contributed by atoms with Crippen LogP contribution in [0, 0.1) is 6.92 Å². The Kier molecular flexibility index (Phi) is 3.79. The predicted molar refractivity (Wildman–Crippen MR) is 78.8 cm³/mol. The third-order valence-corrected chi connectivity index (χ3v) is 3.09. The Balaban J connectivity index is 2.40. The van der Waals surface area contributed by atoms with Crippen LogP contribution in [0.4, 0.5) is 17.1 Å². The van der Waals surface area contributed by atoms with Gasteiger partial charge < -0.3 is 20.9 Å². The summed E-state index contributed by atoms with van der Waals surface area (Å²) in [6.07, 6.45) is 0. The van der Waals surface area contributed by atoms with E-state index in [2.05, 4.69) is 5.32 Å². The van der Waals surface area contributed by atoms with Crippen LogP contribution >= 0.6 is 0 Å². The highest BCUT2D eigenvalue weighted by Gasteiger charge is 2.11. The van der Waals surface area contributed by atoms with E-state index in [1.54, 1.807) is 50.4 Å². The number of hydrogen-bond acceptors (Lipinski definition) is 4. The molecule has 2 aromatic rings. The number of carboxylic acids is 1. The molecule has 5 heteroatoms. The SMILES string of the molecule is COc1ccc(N)c(Nc2cccc(C(=O)O)c2C)c1. The van der Waals surface area contributed by atoms with E-state index in [1.807, 2.05) is 0 Å². The fourth-order valence-corrected chi connectivity index (χ4v) is 1.92. The third kappa shape index (κ3) is 2.66. The molecule has 4 N–H and O–H groups in total. The van der Waals surface area contributed by atoms with Crippen LogP contribution in [-0.4, -0.2) is 18.2 Å². The van der Waals surface area contributed by atoms with Gasteiger partial charge in [-0.1, -0.05) is 6.07 Å². The van der Waals surface area contributed by atoms with Crippen molar-refractivity contribution in [3.8, 4) is 5.75 Å². The second-order valence-electron chi connectivity index (χ2n) is 4.36. The third-order valence-electron chi connectivity index (χ3n) is 3.09. The smallest absolute Gasteiger partial charge is 0.336 e. The quantitative estimate of drug-likeness (QED) is 0.745. The second-order valence-corrected chi connectivity index (χ2v) is 4.36. The largest absolute Gasteiger partial charge is 0.497 e. The van der Waals surface area contributed by atoms with Gasteiger partial charge in [-0.05, 0) is 36.8 Å². The zero-order chi connectivity index (χ0) is 14.7. The maximum Gasteiger partial charge on any atom is 0.336 e. The lowest BCUT2D eigenvalue weighted by molar-refractivity contribution is 0.0696. The molecule has 0 bridgehead atoms. The molecule has 0 aliphatic carbocycles. The molecule has 0 radical (unpaired) electrons. The molecule has 0 amide bonds. The Morgan fingerprint density at radius 2 is 2.00 bits per heavy atom. The Hall–Kier alpha value is -2.69. The summed E-state index contributed by atoms with van der Waals surface area (Å²) in [5.74, 6) is -0.279. The number of ether oxygens (including phenoxy) is 1. The number of hydrogen-bond donors (Lipinski definition) is 3. The van der Waals surface area contributed by atoms with Gasteiger partial charge in [0.2, 0.25) is 0 Å². The summed E-state index contributed by atoms with van der Waals surface area (Å²) in [5.41, 5.74) is 8.76. The number of nitrogens with one attached hydrogen (secondary N) is 1. The summed E-state index contributed by atoms with van der Waals surface area (Å²) in [6.45, 7) is 1.75. The number of carboxylic acid groups (broad SMARTS) is 1. The molecule has 5 nitrogen and oxygen atoms in total. The van der Waals surface area contributed by atoms with Gasteiger partial charge in [0.1, 0.15) is 5.75 Å². The van der Waals surface area contributed by atoms with Gasteiger partial charge in [0.15, 0.2) is 0 Å². The molecule has 0 heterocycles. The minimum atomic E-state index is -0.954. The van der Waals surface area contributed by atoms with E-state index in [9.17, 15) is 4.79 Å². The van der Waals surface area contributed by atoms with Gasteiger partial charge in [-0.25, -0.2) is 4.79 Å². The molecule has 0 spiro atoms. The van der Waals surface area contributed by atoms with Crippen molar-refractivity contribution in [3.63, 3.8) is 0 Å². The summed E-state index contributed by atoms with van der Waals surface area (Å²) in [4.78, 5) is 11.1. The van der Waals surface area contributed by atoms with E-state index >= 15 is 0 Å². The van der Waals surface area contributed by atoms with Gasteiger partial charge >= 0.3 is 5.97 Å². The lowest BCUT2D eigenvalue weighted by atomic mass is 10.1. The summed E-state index contributed by atoms with van der Waals surface area (Å²) < 4.78 is 5.15. The van der Waals surface area contributed by atoms with Crippen LogP contribution in [0.1, 0.15) is 15.9 Å². The highest BCUT2D eigenvalue weighted by Crippen LogP contribution is 2.29. The van der Waals surface area contributed by atoms with Crippen molar-refractivity contribution < 1.29 is 14.6 Å². The normalized spacial score (nSPS) is 10.1. The lowest BCUT2D eigenvalue weighted by Gasteiger charge is -2.14. The second kappa shape index (κ2) is 5.52. The van der Waals surface area contributed by atoms with E-state index in [4.69, 9.17) is 15.6 Å². The van der Waals surface area contributed by atoms with Crippen LogP contribution in [-0.2, 0) is 0 Å². The molecule has 0 aromatic heterocycles. The van der Waals surface area contributed by atoms with Crippen LogP contribution in [0.15, 0.2) is 36.4 Å². The first kappa shape index (κ1) is 13.7. The van der Waals surface area contributed by atoms with E-state index in [0.717, 1.165) is 0 Å². The van der Waals surface area contributed by atoms with Crippen molar-refractivity contribution in [1.29, 1.82) is 0 Å². The molecular weight excluding hydrogens is 256 g/mol. The van der Waals surface area contributed by atoms with E-state index in [1.165, 1.54) is 0 Å². The lowest BCUT2D eigenvalue weighted by Crippen LogP contribution is -2.04. The Labute approximate surface area is 117 Å². The summed E-state index contributed by atoms with van der Waals surface area (Å²) in [6, 6.07) is 10.3. The molecule has 0 atom stereocenters. The number of anilines is 3. The molecule has 0 saturated carbocycles. The molecular formula is C15H16N2O3. The number of methoxy groups -OCH3 is 1. The Bertz CT molecular complexity index is 654. The topological polar surface area (TPSA) is 84.6 Å². The average Bonchev–Trinajstić information content (AvgIpc) is 2.43. The molecule has 104 valence electrons. The molecule has 0 unspecified atom stereocenters. The number of carbonyl (C=O) groups is 1. The molecule has 20 heavy (non-hydrogen) atoms. The van der Waals surface area contributed by atoms with Gasteiger partial charge in [0.25, 0.3) is 0 Å². The first-order chi connectivity index (χ1) is 9.52. The summed E-state index contributed by atoms with van der Waals surface area (Å²) in [5, 5.41) is 12.3. The highest BCUT2D eigenvalue weighted by molar-refractivity contribution is 5.92. The van der Waals surface area contributed by atoms with E-state index in [0.29, 0.717) is 28.4 Å². The van der Waals surface area contributed by atoms with Crippen LogP contribution in [0.2, 0.25) is 0 Å². The predicted octanol–water partition coefficient (Wildman–Crippen LogP) is 3.03. The molecule has 2 aromatic carbocycles. The monoisotopic (exact) mass is 272 g/mol. The van der Waals surface area contributed by atoms with Gasteiger partial charge in [-0.3, -0.25) is 0 Å². The van der Waals surface area contributed by atoms with Crippen molar-refractivity contribution in [2.45, 2.75) is 6.92 Å². The maximum absolute atomic E-state index is 11.1. The Morgan fingerprint density at radius 1 is 1.25 bits per heavy atom. The van der Waals surface area contributed by atoms with Gasteiger partial charge in [-0.15, -0.1) is 0 Å². The van der Waals surface area contributed by atoms with Gasteiger partial charge in [0, 0.05) is 11.8 Å². The van der Waals surface area contributed by atoms with Crippen LogP contribution < -0.4 is 15.8 Å². The van der Waals surface area contributed by atoms with E-state index < -0.39 is 5.97 Å².